The molecule has 160 valence electrons. The van der Waals surface area contributed by atoms with Crippen LogP contribution in [-0.2, 0) is 4.79 Å². The van der Waals surface area contributed by atoms with E-state index in [0.29, 0.717) is 59.0 Å². The molecule has 2 aromatic carbocycles. The van der Waals surface area contributed by atoms with Crippen molar-refractivity contribution < 1.29 is 19.1 Å². The molecule has 0 radical (unpaired) electrons. The molecule has 0 spiro atoms. The Kier molecular flexibility index (Phi) is 7.45. The van der Waals surface area contributed by atoms with Gasteiger partial charge in [-0.15, -0.1) is 0 Å². The van der Waals surface area contributed by atoms with Gasteiger partial charge in [-0.2, -0.15) is 0 Å². The molecule has 1 aliphatic heterocycles. The highest BCUT2D eigenvalue weighted by Gasteiger charge is 2.35. The van der Waals surface area contributed by atoms with Crippen LogP contribution in [0, 0.1) is 0 Å². The van der Waals surface area contributed by atoms with Gasteiger partial charge in [-0.1, -0.05) is 23.2 Å². The van der Waals surface area contributed by atoms with Crippen molar-refractivity contribution in [2.24, 2.45) is 0 Å². The molecule has 1 N–H and O–H groups in total. The summed E-state index contributed by atoms with van der Waals surface area (Å²) in [5, 5.41) is 3.59. The van der Waals surface area contributed by atoms with Gasteiger partial charge < -0.3 is 19.7 Å². The summed E-state index contributed by atoms with van der Waals surface area (Å²) in [4.78, 5) is 27.6. The van der Waals surface area contributed by atoms with E-state index in [-0.39, 0.29) is 11.8 Å². The van der Waals surface area contributed by atoms with E-state index < -0.39 is 6.04 Å². The van der Waals surface area contributed by atoms with Gasteiger partial charge in [-0.25, -0.2) is 0 Å². The Bertz CT molecular complexity index is 935. The maximum absolute atomic E-state index is 13.1. The molecule has 8 heteroatoms. The maximum atomic E-state index is 13.1. The lowest BCUT2D eigenvalue weighted by Gasteiger charge is -2.24. The Balaban J connectivity index is 1.79. The second-order valence-electron chi connectivity index (χ2n) is 6.80. The van der Waals surface area contributed by atoms with Gasteiger partial charge in [-0.3, -0.25) is 9.59 Å². The highest BCUT2D eigenvalue weighted by molar-refractivity contribution is 6.42. The summed E-state index contributed by atoms with van der Waals surface area (Å²) in [5.74, 6) is 0.663. The summed E-state index contributed by atoms with van der Waals surface area (Å²) < 4.78 is 11.2. The van der Waals surface area contributed by atoms with E-state index in [1.165, 1.54) is 6.07 Å². The number of ether oxygens (including phenoxy) is 2. The fourth-order valence-corrected chi connectivity index (χ4v) is 3.74. The van der Waals surface area contributed by atoms with Gasteiger partial charge in [0.05, 0.1) is 28.9 Å². The maximum Gasteiger partial charge on any atom is 0.254 e. The van der Waals surface area contributed by atoms with Crippen LogP contribution in [0.1, 0.15) is 37.0 Å². The second-order valence-corrected chi connectivity index (χ2v) is 7.61. The molecule has 30 heavy (non-hydrogen) atoms. The number of halogens is 2. The van der Waals surface area contributed by atoms with Crippen molar-refractivity contribution in [2.75, 3.05) is 25.1 Å². The number of hydrogen-bond acceptors (Lipinski definition) is 4. The summed E-state index contributed by atoms with van der Waals surface area (Å²) in [5.41, 5.74) is 0.916. The van der Waals surface area contributed by atoms with Crippen molar-refractivity contribution in [1.29, 1.82) is 0 Å². The first kappa shape index (κ1) is 22.2. The highest BCUT2D eigenvalue weighted by atomic mass is 35.5. The molecule has 0 saturated carbocycles. The van der Waals surface area contributed by atoms with Gasteiger partial charge in [0.15, 0.2) is 0 Å². The third-order valence-electron chi connectivity index (χ3n) is 4.80. The first-order valence-corrected chi connectivity index (χ1v) is 10.7. The number of benzene rings is 2. The molecule has 1 unspecified atom stereocenters. The number of rotatable bonds is 7. The van der Waals surface area contributed by atoms with Crippen LogP contribution in [0.15, 0.2) is 36.4 Å². The summed E-state index contributed by atoms with van der Waals surface area (Å²) >= 11 is 12.0. The van der Waals surface area contributed by atoms with Crippen molar-refractivity contribution in [3.63, 3.8) is 0 Å². The number of likely N-dealkylation sites (tertiary alicyclic amines) is 1. The molecule has 1 heterocycles. The number of carbonyl (C=O) groups excluding carboxylic acids is 2. The van der Waals surface area contributed by atoms with Gasteiger partial charge in [0.2, 0.25) is 5.91 Å². The van der Waals surface area contributed by atoms with Crippen LogP contribution >= 0.6 is 23.2 Å². The molecule has 2 amide bonds. The molecule has 0 aromatic heterocycles. The molecular weight excluding hydrogens is 427 g/mol. The molecule has 1 aliphatic rings. The van der Waals surface area contributed by atoms with Crippen LogP contribution in [0.4, 0.5) is 5.69 Å². The van der Waals surface area contributed by atoms with Gasteiger partial charge in [0.25, 0.3) is 5.91 Å². The lowest BCUT2D eigenvalue weighted by atomic mass is 10.1. The summed E-state index contributed by atoms with van der Waals surface area (Å²) in [6, 6.07) is 9.41. The Morgan fingerprint density at radius 1 is 1.07 bits per heavy atom. The average Bonchev–Trinajstić information content (AvgIpc) is 3.22. The number of nitrogens with one attached hydrogen (secondary N) is 1. The first-order chi connectivity index (χ1) is 14.4. The number of nitrogens with zero attached hydrogens (tertiary/aromatic N) is 1. The standard InChI is InChI=1S/C22H24Cl2N2O4/c1-3-29-15-8-10-20(30-4-2)18(13-15)25-21(27)19-6-5-11-26(19)22(28)14-7-9-16(23)17(24)12-14/h7-10,12-13,19H,3-6,11H2,1-2H3,(H,25,27). The number of amides is 2. The monoisotopic (exact) mass is 450 g/mol. The molecule has 0 aliphatic carbocycles. The SMILES string of the molecule is CCOc1ccc(OCC)c(NC(=O)C2CCCN2C(=O)c2ccc(Cl)c(Cl)c2)c1. The highest BCUT2D eigenvalue weighted by Crippen LogP contribution is 2.31. The summed E-state index contributed by atoms with van der Waals surface area (Å²) in [7, 11) is 0. The lowest BCUT2D eigenvalue weighted by Crippen LogP contribution is -2.43. The van der Waals surface area contributed by atoms with E-state index in [1.807, 2.05) is 13.8 Å². The van der Waals surface area contributed by atoms with Crippen molar-refractivity contribution in [2.45, 2.75) is 32.7 Å². The summed E-state index contributed by atoms with van der Waals surface area (Å²) in [6.07, 6.45) is 1.32. The Hall–Kier alpha value is -2.44. The Labute approximate surface area is 186 Å². The molecule has 0 bridgehead atoms. The molecule has 6 nitrogen and oxygen atoms in total. The first-order valence-electron chi connectivity index (χ1n) is 9.91. The minimum absolute atomic E-state index is 0.251. The largest absolute Gasteiger partial charge is 0.494 e. The zero-order valence-corrected chi connectivity index (χ0v) is 18.4. The Morgan fingerprint density at radius 3 is 2.53 bits per heavy atom. The van der Waals surface area contributed by atoms with Crippen LogP contribution in [0.5, 0.6) is 11.5 Å². The molecule has 1 fully saturated rings. The fourth-order valence-electron chi connectivity index (χ4n) is 3.44. The smallest absolute Gasteiger partial charge is 0.254 e. The van der Waals surface area contributed by atoms with Crippen LogP contribution in [0.25, 0.3) is 0 Å². The zero-order valence-electron chi connectivity index (χ0n) is 16.9. The van der Waals surface area contributed by atoms with Gasteiger partial charge >= 0.3 is 0 Å². The third-order valence-corrected chi connectivity index (χ3v) is 5.54. The summed E-state index contributed by atoms with van der Waals surface area (Å²) in [6.45, 7) is 5.23. The topological polar surface area (TPSA) is 67.9 Å². The lowest BCUT2D eigenvalue weighted by molar-refractivity contribution is -0.119. The van der Waals surface area contributed by atoms with E-state index in [2.05, 4.69) is 5.32 Å². The van der Waals surface area contributed by atoms with Crippen molar-refractivity contribution in [3.8, 4) is 11.5 Å². The third kappa shape index (κ3) is 4.99. The normalized spacial score (nSPS) is 15.7. The molecule has 3 rings (SSSR count). The number of carbonyl (C=O) groups is 2. The predicted octanol–water partition coefficient (Wildman–Crippen LogP) is 5.03. The van der Waals surface area contributed by atoms with E-state index in [0.717, 1.165) is 6.42 Å². The minimum Gasteiger partial charge on any atom is -0.494 e. The fraction of sp³-hybridized carbons (Fsp3) is 0.364. The molecular formula is C22H24Cl2N2O4. The minimum atomic E-state index is -0.586. The quantitative estimate of drug-likeness (QED) is 0.641. The number of anilines is 1. The van der Waals surface area contributed by atoms with Gasteiger partial charge in [-0.05, 0) is 57.0 Å². The molecule has 1 saturated heterocycles. The van der Waals surface area contributed by atoms with Crippen molar-refractivity contribution in [3.05, 3.63) is 52.0 Å². The molecule has 1 atom stereocenters. The predicted molar refractivity (Wildman–Crippen MR) is 118 cm³/mol. The van der Waals surface area contributed by atoms with Crippen LogP contribution in [0.2, 0.25) is 10.0 Å². The zero-order chi connectivity index (χ0) is 21.7. The van der Waals surface area contributed by atoms with Crippen LogP contribution < -0.4 is 14.8 Å². The van der Waals surface area contributed by atoms with E-state index in [1.54, 1.807) is 35.2 Å². The van der Waals surface area contributed by atoms with Crippen molar-refractivity contribution >= 4 is 40.7 Å². The van der Waals surface area contributed by atoms with Crippen LogP contribution in [-0.4, -0.2) is 42.5 Å². The van der Waals surface area contributed by atoms with E-state index in [9.17, 15) is 9.59 Å². The van der Waals surface area contributed by atoms with Gasteiger partial charge in [0.1, 0.15) is 17.5 Å². The van der Waals surface area contributed by atoms with E-state index >= 15 is 0 Å². The number of hydrogen-bond donors (Lipinski definition) is 1. The average molecular weight is 451 g/mol. The second kappa shape index (κ2) is 10.0. The van der Waals surface area contributed by atoms with Gasteiger partial charge in [0, 0.05) is 18.2 Å². The van der Waals surface area contributed by atoms with E-state index in [4.69, 9.17) is 32.7 Å². The van der Waals surface area contributed by atoms with Crippen molar-refractivity contribution in [1.82, 2.24) is 4.90 Å². The molecule has 2 aromatic rings. The Morgan fingerprint density at radius 2 is 1.83 bits per heavy atom. The van der Waals surface area contributed by atoms with Crippen LogP contribution in [0.3, 0.4) is 0 Å².